The molecule has 0 saturated carbocycles. The molecule has 1 aromatic carbocycles. The number of benzene rings is 1. The van der Waals surface area contributed by atoms with Gasteiger partial charge in [-0.25, -0.2) is 8.42 Å². The fourth-order valence-electron chi connectivity index (χ4n) is 3.57. The summed E-state index contributed by atoms with van der Waals surface area (Å²) in [6, 6.07) is 6.80. The molecule has 27 heavy (non-hydrogen) atoms. The van der Waals surface area contributed by atoms with Crippen molar-refractivity contribution in [3.05, 3.63) is 29.8 Å². The maximum absolute atomic E-state index is 12.4. The maximum atomic E-state index is 12.4. The lowest BCUT2D eigenvalue weighted by Crippen LogP contribution is -2.40. The predicted molar refractivity (Wildman–Crippen MR) is 105 cm³/mol. The quantitative estimate of drug-likeness (QED) is 0.686. The highest BCUT2D eigenvalue weighted by molar-refractivity contribution is 7.90. The van der Waals surface area contributed by atoms with Gasteiger partial charge in [-0.05, 0) is 50.4 Å². The van der Waals surface area contributed by atoms with Gasteiger partial charge in [0, 0.05) is 31.6 Å². The summed E-state index contributed by atoms with van der Waals surface area (Å²) in [6.45, 7) is 6.22. The minimum atomic E-state index is -3.50. The topological polar surface area (TPSA) is 90.9 Å². The number of piperidine rings is 1. The fraction of sp³-hybridized carbons (Fsp3) is 0.579. The molecule has 0 spiro atoms. The zero-order valence-corrected chi connectivity index (χ0v) is 16.6. The van der Waals surface area contributed by atoms with Gasteiger partial charge in [-0.1, -0.05) is 19.1 Å². The second-order valence-corrected chi connectivity index (χ2v) is 8.72. The van der Waals surface area contributed by atoms with E-state index in [2.05, 4.69) is 22.0 Å². The number of hydrogen-bond donors (Lipinski definition) is 2. The van der Waals surface area contributed by atoms with Crippen LogP contribution in [0.15, 0.2) is 34.2 Å². The molecule has 1 aromatic rings. The Morgan fingerprint density at radius 2 is 2.04 bits per heavy atom. The first-order valence-electron chi connectivity index (χ1n) is 9.66. The number of rotatable bonds is 7. The monoisotopic (exact) mass is 392 g/mol. The van der Waals surface area contributed by atoms with Gasteiger partial charge >= 0.3 is 0 Å². The molecule has 2 N–H and O–H groups in total. The number of fused-ring (bicyclic) bond motifs is 1. The fourth-order valence-corrected chi connectivity index (χ4v) is 4.82. The number of carbonyl (C=O) groups is 1. The van der Waals surface area contributed by atoms with E-state index in [0.717, 1.165) is 39.0 Å². The third-order valence-electron chi connectivity index (χ3n) is 5.13. The van der Waals surface area contributed by atoms with Crippen LogP contribution in [0.3, 0.4) is 0 Å². The summed E-state index contributed by atoms with van der Waals surface area (Å²) in [6.07, 6.45) is 3.17. The molecule has 0 aromatic heterocycles. The first-order chi connectivity index (χ1) is 13.0. The number of carbonyl (C=O) groups excluding carboxylic acids is 1. The lowest BCUT2D eigenvalue weighted by atomic mass is 9.96. The molecule has 2 heterocycles. The molecule has 0 bridgehead atoms. The van der Waals surface area contributed by atoms with Crippen LogP contribution in [0.5, 0.6) is 0 Å². The number of nitrogens with one attached hydrogen (secondary N) is 2. The van der Waals surface area contributed by atoms with Gasteiger partial charge in [-0.15, -0.1) is 0 Å². The van der Waals surface area contributed by atoms with Crippen LogP contribution >= 0.6 is 0 Å². The first kappa shape index (κ1) is 19.8. The number of likely N-dealkylation sites (tertiary alicyclic amines) is 1. The molecule has 0 radical (unpaired) electrons. The number of nitrogens with zero attached hydrogens (tertiary/aromatic N) is 2. The summed E-state index contributed by atoms with van der Waals surface area (Å²) in [7, 11) is -3.50. The van der Waals surface area contributed by atoms with Crippen LogP contribution in [-0.4, -0.2) is 57.8 Å². The third kappa shape index (κ3) is 4.87. The highest BCUT2D eigenvalue weighted by atomic mass is 32.2. The zero-order chi connectivity index (χ0) is 19.3. The molecular weight excluding hydrogens is 364 g/mol. The molecule has 7 nitrogen and oxygen atoms in total. The van der Waals surface area contributed by atoms with Gasteiger partial charge in [0.15, 0.2) is 0 Å². The van der Waals surface area contributed by atoms with E-state index in [1.807, 2.05) is 4.90 Å². The minimum absolute atomic E-state index is 0.171. The number of hydrogen-bond acceptors (Lipinski definition) is 5. The highest BCUT2D eigenvalue weighted by Gasteiger charge is 2.30. The molecule has 3 rings (SSSR count). The van der Waals surface area contributed by atoms with Gasteiger partial charge in [0.05, 0.1) is 4.90 Å². The summed E-state index contributed by atoms with van der Waals surface area (Å²) in [5.41, 5.74) is 0.603. The molecule has 1 fully saturated rings. The highest BCUT2D eigenvalue weighted by Crippen LogP contribution is 2.22. The summed E-state index contributed by atoms with van der Waals surface area (Å²) in [4.78, 5) is 18.9. The van der Waals surface area contributed by atoms with Crippen molar-refractivity contribution in [3.8, 4) is 0 Å². The lowest BCUT2D eigenvalue weighted by Gasteiger charge is -2.32. The van der Waals surface area contributed by atoms with Crippen LogP contribution in [0.4, 0.5) is 0 Å². The van der Waals surface area contributed by atoms with E-state index in [0.29, 0.717) is 36.7 Å². The molecule has 0 aliphatic carbocycles. The van der Waals surface area contributed by atoms with Gasteiger partial charge in [0.25, 0.3) is 10.0 Å². The van der Waals surface area contributed by atoms with Crippen LogP contribution in [0.1, 0.15) is 38.2 Å². The van der Waals surface area contributed by atoms with Gasteiger partial charge in [-0.3, -0.25) is 14.5 Å². The molecule has 0 atom stereocenters. The second kappa shape index (κ2) is 8.84. The van der Waals surface area contributed by atoms with Gasteiger partial charge in [0.2, 0.25) is 5.91 Å². The molecule has 1 saturated heterocycles. The Hall–Kier alpha value is -1.93. The van der Waals surface area contributed by atoms with E-state index >= 15 is 0 Å². The molecule has 148 valence electrons. The summed E-state index contributed by atoms with van der Waals surface area (Å²) >= 11 is 0. The first-order valence-corrected chi connectivity index (χ1v) is 11.1. The number of amides is 1. The number of aliphatic imine (C=N–C) groups is 1. The predicted octanol–water partition coefficient (Wildman–Crippen LogP) is 1.35. The Kier molecular flexibility index (Phi) is 6.49. The van der Waals surface area contributed by atoms with Crippen LogP contribution in [0.2, 0.25) is 0 Å². The molecular formula is C19H28N4O3S. The van der Waals surface area contributed by atoms with E-state index < -0.39 is 10.0 Å². The minimum Gasteiger partial charge on any atom is -0.343 e. The third-order valence-corrected chi connectivity index (χ3v) is 6.53. The van der Waals surface area contributed by atoms with Crippen LogP contribution in [0.25, 0.3) is 0 Å². The Morgan fingerprint density at radius 3 is 2.78 bits per heavy atom. The Bertz CT molecular complexity index is 799. The lowest BCUT2D eigenvalue weighted by molar-refractivity contribution is -0.132. The summed E-state index contributed by atoms with van der Waals surface area (Å²) in [5, 5.41) is 3.38. The van der Waals surface area contributed by atoms with Crippen LogP contribution in [-0.2, 0) is 14.8 Å². The maximum Gasteiger partial charge on any atom is 0.263 e. The molecule has 2 aliphatic heterocycles. The van der Waals surface area contributed by atoms with E-state index in [1.165, 1.54) is 0 Å². The van der Waals surface area contributed by atoms with Crippen molar-refractivity contribution >= 4 is 21.8 Å². The Balaban J connectivity index is 1.45. The number of amidine groups is 1. The number of sulfonamides is 1. The van der Waals surface area contributed by atoms with Crippen molar-refractivity contribution in [2.45, 2.75) is 37.5 Å². The molecule has 2 aliphatic rings. The standard InChI is InChI=1S/C19H28N4O3S/c1-2-20-14-15-9-12-23(13-10-15)18(24)8-5-11-21-19-16-6-3-4-7-17(16)27(25,26)22-19/h3-4,6-7,15,20H,2,5,8-14H2,1H3,(H,21,22). The molecule has 1 amide bonds. The zero-order valence-electron chi connectivity index (χ0n) is 15.8. The van der Waals surface area contributed by atoms with E-state index in [1.54, 1.807) is 24.3 Å². The normalized spacial score (nSPS) is 20.5. The van der Waals surface area contributed by atoms with Crippen molar-refractivity contribution in [2.75, 3.05) is 32.7 Å². The van der Waals surface area contributed by atoms with Crippen molar-refractivity contribution in [1.29, 1.82) is 0 Å². The Labute approximate surface area is 161 Å². The van der Waals surface area contributed by atoms with E-state index in [4.69, 9.17) is 0 Å². The van der Waals surface area contributed by atoms with Crippen LogP contribution < -0.4 is 10.0 Å². The van der Waals surface area contributed by atoms with Crippen molar-refractivity contribution in [3.63, 3.8) is 0 Å². The second-order valence-electron chi connectivity index (χ2n) is 7.07. The van der Waals surface area contributed by atoms with E-state index in [9.17, 15) is 13.2 Å². The smallest absolute Gasteiger partial charge is 0.263 e. The Morgan fingerprint density at radius 1 is 1.30 bits per heavy atom. The average Bonchev–Trinajstić information content (AvgIpc) is 2.94. The van der Waals surface area contributed by atoms with Crippen molar-refractivity contribution in [1.82, 2.24) is 14.9 Å². The summed E-state index contributed by atoms with van der Waals surface area (Å²) < 4.78 is 26.6. The van der Waals surface area contributed by atoms with Crippen LogP contribution in [0, 0.1) is 5.92 Å². The molecule has 0 unspecified atom stereocenters. The van der Waals surface area contributed by atoms with Gasteiger partial charge in [-0.2, -0.15) is 0 Å². The van der Waals surface area contributed by atoms with Gasteiger partial charge in [0.1, 0.15) is 5.84 Å². The van der Waals surface area contributed by atoms with Gasteiger partial charge < -0.3 is 10.2 Å². The largest absolute Gasteiger partial charge is 0.343 e. The van der Waals surface area contributed by atoms with E-state index in [-0.39, 0.29) is 10.8 Å². The van der Waals surface area contributed by atoms with Crippen molar-refractivity contribution in [2.24, 2.45) is 10.9 Å². The SMILES string of the molecule is CCNCC1CCN(C(=O)CCCN=C2NS(=O)(=O)c3ccccc32)CC1. The average molecular weight is 393 g/mol. The molecule has 8 heteroatoms. The summed E-state index contributed by atoms with van der Waals surface area (Å²) in [5.74, 6) is 1.21. The van der Waals surface area contributed by atoms with Crippen molar-refractivity contribution < 1.29 is 13.2 Å².